The molecule has 7 heteroatoms. The third-order valence-electron chi connectivity index (χ3n) is 3.36. The van der Waals surface area contributed by atoms with Crippen LogP contribution in [0.1, 0.15) is 5.56 Å². The number of nitrogens with one attached hydrogen (secondary N) is 1. The Bertz CT molecular complexity index is 963. The number of hydrogen-bond donors (Lipinski definition) is 2. The number of nitro benzene ring substituents is 1. The predicted molar refractivity (Wildman–Crippen MR) is 80.9 cm³/mol. The van der Waals surface area contributed by atoms with Crippen LogP contribution in [-0.4, -0.2) is 20.0 Å². The Morgan fingerprint density at radius 3 is 2.73 bits per heavy atom. The summed E-state index contributed by atoms with van der Waals surface area (Å²) in [5.74, 6) is -0.0583. The van der Waals surface area contributed by atoms with Crippen molar-refractivity contribution in [3.8, 4) is 17.1 Å². The molecule has 0 saturated carbocycles. The van der Waals surface area contributed by atoms with E-state index in [4.69, 9.17) is 0 Å². The first-order valence-corrected chi connectivity index (χ1v) is 6.45. The van der Waals surface area contributed by atoms with Crippen LogP contribution in [0.2, 0.25) is 0 Å². The Kier molecular flexibility index (Phi) is 3.10. The summed E-state index contributed by atoms with van der Waals surface area (Å²) in [7, 11) is 0. The zero-order chi connectivity index (χ0) is 15.9. The smallest absolute Gasteiger partial charge is 0.270 e. The molecule has 2 aromatic carbocycles. The lowest BCUT2D eigenvalue weighted by atomic mass is 10.1. The fraction of sp³-hybridized carbons (Fsp3) is 0.0667. The van der Waals surface area contributed by atoms with Crippen LogP contribution in [0.4, 0.5) is 5.69 Å². The zero-order valence-corrected chi connectivity index (χ0v) is 11.5. The maximum atomic E-state index is 12.1. The maximum Gasteiger partial charge on any atom is 0.270 e. The van der Waals surface area contributed by atoms with Gasteiger partial charge in [-0.05, 0) is 24.6 Å². The molecular formula is C15H11N3O4. The molecule has 2 N–H and O–H groups in total. The van der Waals surface area contributed by atoms with Crippen LogP contribution in [0, 0.1) is 17.0 Å². The van der Waals surface area contributed by atoms with Crippen molar-refractivity contribution in [2.45, 2.75) is 6.92 Å². The largest absolute Gasteiger partial charge is 0.507 e. The number of benzene rings is 2. The highest BCUT2D eigenvalue weighted by atomic mass is 16.6. The molecule has 0 bridgehead atoms. The maximum absolute atomic E-state index is 12.1. The number of hydrogen-bond acceptors (Lipinski definition) is 5. The van der Waals surface area contributed by atoms with Gasteiger partial charge in [0, 0.05) is 12.1 Å². The van der Waals surface area contributed by atoms with E-state index in [1.54, 1.807) is 31.2 Å². The molecule has 22 heavy (non-hydrogen) atoms. The number of non-ortho nitro benzene ring substituents is 1. The van der Waals surface area contributed by atoms with Gasteiger partial charge in [-0.15, -0.1) is 0 Å². The van der Waals surface area contributed by atoms with Crippen LogP contribution in [0.15, 0.2) is 41.2 Å². The molecule has 3 rings (SSSR count). The number of fused-ring (bicyclic) bond motifs is 1. The Balaban J connectivity index is 2.32. The predicted octanol–water partition coefficient (Wildman–Crippen LogP) is 2.51. The molecule has 0 unspecified atom stereocenters. The van der Waals surface area contributed by atoms with Gasteiger partial charge in [-0.25, -0.2) is 4.98 Å². The standard InChI is InChI=1S/C15H11N3O4/c1-8-6-9(18(21)22)7-11(13(8)19)14-16-12-5-3-2-4-10(12)15(20)17-14/h2-7,19H,1H3,(H,16,17,20). The van der Waals surface area contributed by atoms with Crippen LogP contribution < -0.4 is 5.56 Å². The summed E-state index contributed by atoms with van der Waals surface area (Å²) in [5.41, 5.74) is 0.352. The zero-order valence-electron chi connectivity index (χ0n) is 11.5. The minimum atomic E-state index is -0.560. The molecule has 1 heterocycles. The molecule has 0 aliphatic heterocycles. The van der Waals surface area contributed by atoms with Gasteiger partial charge in [0.25, 0.3) is 11.2 Å². The lowest BCUT2D eigenvalue weighted by Gasteiger charge is -2.07. The number of aromatic nitrogens is 2. The van der Waals surface area contributed by atoms with Gasteiger partial charge in [0.15, 0.2) is 0 Å². The molecule has 0 aliphatic rings. The Labute approximate surface area is 124 Å². The SMILES string of the molecule is Cc1cc([N+](=O)[O-])cc(-c2nc3ccccc3c(=O)[nH]2)c1O. The molecule has 0 amide bonds. The number of phenolic OH excluding ortho intramolecular Hbond substituents is 1. The quantitative estimate of drug-likeness (QED) is 0.558. The van der Waals surface area contributed by atoms with Gasteiger partial charge in [0.2, 0.25) is 0 Å². The van der Waals surface area contributed by atoms with E-state index in [1.165, 1.54) is 12.1 Å². The van der Waals surface area contributed by atoms with E-state index in [0.717, 1.165) is 0 Å². The molecule has 0 radical (unpaired) electrons. The number of phenols is 1. The van der Waals surface area contributed by atoms with Crippen molar-refractivity contribution in [1.29, 1.82) is 0 Å². The molecule has 0 atom stereocenters. The number of aromatic amines is 1. The van der Waals surface area contributed by atoms with E-state index in [2.05, 4.69) is 9.97 Å². The van der Waals surface area contributed by atoms with Gasteiger partial charge in [-0.3, -0.25) is 14.9 Å². The number of nitrogens with zero attached hydrogens (tertiary/aromatic N) is 2. The monoisotopic (exact) mass is 297 g/mol. The summed E-state index contributed by atoms with van der Waals surface area (Å²) in [6.07, 6.45) is 0. The number of para-hydroxylation sites is 1. The van der Waals surface area contributed by atoms with E-state index in [9.17, 15) is 20.0 Å². The first-order chi connectivity index (χ1) is 10.5. The van der Waals surface area contributed by atoms with Crippen molar-refractivity contribution in [1.82, 2.24) is 9.97 Å². The van der Waals surface area contributed by atoms with Crippen molar-refractivity contribution < 1.29 is 10.0 Å². The number of rotatable bonds is 2. The molecule has 0 fully saturated rings. The normalized spacial score (nSPS) is 10.8. The number of nitro groups is 1. The van der Waals surface area contributed by atoms with Crippen molar-refractivity contribution in [2.24, 2.45) is 0 Å². The van der Waals surface area contributed by atoms with Gasteiger partial charge in [0.05, 0.1) is 21.4 Å². The number of aromatic hydroxyl groups is 1. The highest BCUT2D eigenvalue weighted by molar-refractivity contribution is 5.80. The third kappa shape index (κ3) is 2.18. The van der Waals surface area contributed by atoms with E-state index >= 15 is 0 Å². The van der Waals surface area contributed by atoms with Crippen LogP contribution >= 0.6 is 0 Å². The van der Waals surface area contributed by atoms with Gasteiger partial charge in [0.1, 0.15) is 11.6 Å². The number of aryl methyl sites for hydroxylation is 1. The van der Waals surface area contributed by atoms with Crippen molar-refractivity contribution >= 4 is 16.6 Å². The average Bonchev–Trinajstić information content (AvgIpc) is 2.49. The topological polar surface area (TPSA) is 109 Å². The highest BCUT2D eigenvalue weighted by Gasteiger charge is 2.17. The molecule has 0 saturated heterocycles. The van der Waals surface area contributed by atoms with E-state index in [1.807, 2.05) is 0 Å². The summed E-state index contributed by atoms with van der Waals surface area (Å²) >= 11 is 0. The molecule has 7 nitrogen and oxygen atoms in total. The molecule has 0 aliphatic carbocycles. The second-order valence-corrected chi connectivity index (χ2v) is 4.85. The van der Waals surface area contributed by atoms with Crippen LogP contribution in [0.3, 0.4) is 0 Å². The van der Waals surface area contributed by atoms with Crippen LogP contribution in [0.25, 0.3) is 22.3 Å². The second-order valence-electron chi connectivity index (χ2n) is 4.85. The summed E-state index contributed by atoms with van der Waals surface area (Å²) in [4.78, 5) is 29.3. The van der Waals surface area contributed by atoms with Gasteiger partial charge < -0.3 is 10.1 Å². The highest BCUT2D eigenvalue weighted by Crippen LogP contribution is 2.33. The Morgan fingerprint density at radius 2 is 2.00 bits per heavy atom. The van der Waals surface area contributed by atoms with Gasteiger partial charge in [-0.1, -0.05) is 12.1 Å². The summed E-state index contributed by atoms with van der Waals surface area (Å²) < 4.78 is 0. The molecule has 110 valence electrons. The summed E-state index contributed by atoms with van der Waals surface area (Å²) in [6.45, 7) is 1.55. The molecular weight excluding hydrogens is 286 g/mol. The van der Waals surface area contributed by atoms with Gasteiger partial charge >= 0.3 is 0 Å². The van der Waals surface area contributed by atoms with Crippen LogP contribution in [0.5, 0.6) is 5.75 Å². The minimum absolute atomic E-state index is 0.0907. The van der Waals surface area contributed by atoms with Crippen molar-refractivity contribution in [2.75, 3.05) is 0 Å². The lowest BCUT2D eigenvalue weighted by molar-refractivity contribution is -0.384. The van der Waals surface area contributed by atoms with E-state index in [-0.39, 0.29) is 28.4 Å². The molecule has 3 aromatic rings. The summed E-state index contributed by atoms with van der Waals surface area (Å²) in [6, 6.07) is 9.19. The Morgan fingerprint density at radius 1 is 1.27 bits per heavy atom. The third-order valence-corrected chi connectivity index (χ3v) is 3.36. The molecule has 0 spiro atoms. The van der Waals surface area contributed by atoms with E-state index in [0.29, 0.717) is 16.5 Å². The first-order valence-electron chi connectivity index (χ1n) is 6.45. The van der Waals surface area contributed by atoms with Gasteiger partial charge in [-0.2, -0.15) is 0 Å². The fourth-order valence-electron chi connectivity index (χ4n) is 2.26. The van der Waals surface area contributed by atoms with Crippen LogP contribution in [-0.2, 0) is 0 Å². The molecule has 1 aromatic heterocycles. The first kappa shape index (κ1) is 13.7. The van der Waals surface area contributed by atoms with Crippen molar-refractivity contribution in [3.63, 3.8) is 0 Å². The minimum Gasteiger partial charge on any atom is -0.507 e. The average molecular weight is 297 g/mol. The summed E-state index contributed by atoms with van der Waals surface area (Å²) in [5, 5.41) is 21.5. The lowest BCUT2D eigenvalue weighted by Crippen LogP contribution is -2.09. The second kappa shape index (κ2) is 4.96. The fourth-order valence-corrected chi connectivity index (χ4v) is 2.26. The Hall–Kier alpha value is -3.22. The van der Waals surface area contributed by atoms with Crippen molar-refractivity contribution in [3.05, 3.63) is 62.4 Å². The van der Waals surface area contributed by atoms with E-state index < -0.39 is 4.92 Å². The number of H-pyrrole nitrogens is 1.